The van der Waals surface area contributed by atoms with Crippen molar-refractivity contribution in [3.05, 3.63) is 0 Å². The van der Waals surface area contributed by atoms with Gasteiger partial charge in [0.1, 0.15) is 0 Å². The third-order valence-corrected chi connectivity index (χ3v) is 8.15. The van der Waals surface area contributed by atoms with E-state index in [-0.39, 0.29) is 5.60 Å². The molecule has 0 radical (unpaired) electrons. The highest BCUT2D eigenvalue weighted by Gasteiger charge is 2.34. The van der Waals surface area contributed by atoms with Crippen LogP contribution >= 0.6 is 0 Å². The van der Waals surface area contributed by atoms with E-state index in [2.05, 4.69) is 20.8 Å². The quantitative estimate of drug-likeness (QED) is 0.101. The molecule has 0 spiro atoms. The maximum Gasteiger partial charge on any atom is 0.484 e. The Balaban J connectivity index is 4.84. The summed E-state index contributed by atoms with van der Waals surface area (Å²) in [6, 6.07) is 0. The first-order valence-corrected chi connectivity index (χ1v) is 15.3. The lowest BCUT2D eigenvalue weighted by Crippen LogP contribution is -2.41. The van der Waals surface area contributed by atoms with Crippen LogP contribution in [-0.2, 0) is 13.3 Å². The van der Waals surface area contributed by atoms with E-state index in [4.69, 9.17) is 13.3 Å². The summed E-state index contributed by atoms with van der Waals surface area (Å²) >= 11 is 0. The van der Waals surface area contributed by atoms with Gasteiger partial charge in [0.15, 0.2) is 0 Å². The molecule has 0 aromatic rings. The maximum absolute atomic E-state index is 6.71. The number of unbranched alkanes of at least 4 members (excludes halogenated alkanes) is 15. The topological polar surface area (TPSA) is 27.7 Å². The van der Waals surface area contributed by atoms with Crippen LogP contribution in [0, 0.1) is 0 Å². The summed E-state index contributed by atoms with van der Waals surface area (Å²) < 4.78 is 18.0. The van der Waals surface area contributed by atoms with Crippen molar-refractivity contribution in [2.45, 2.75) is 161 Å². The summed E-state index contributed by atoms with van der Waals surface area (Å²) in [5.74, 6) is 0. The van der Waals surface area contributed by atoms with Crippen molar-refractivity contribution in [3.8, 4) is 0 Å². The lowest BCUT2D eigenvalue weighted by molar-refractivity contribution is -0.0200. The lowest BCUT2D eigenvalue weighted by atomic mass is 9.85. The molecule has 188 valence electrons. The number of rotatable bonds is 25. The highest BCUT2D eigenvalue weighted by Crippen LogP contribution is 2.34. The third kappa shape index (κ3) is 18.2. The van der Waals surface area contributed by atoms with Crippen LogP contribution in [-0.4, -0.2) is 29.3 Å². The molecule has 0 aliphatic carbocycles. The maximum atomic E-state index is 6.71. The first-order chi connectivity index (χ1) is 15.2. The molecule has 0 heterocycles. The molecule has 4 heteroatoms. The molecule has 0 rings (SSSR count). The van der Waals surface area contributed by atoms with Crippen molar-refractivity contribution < 1.29 is 13.3 Å². The molecule has 0 N–H and O–H groups in total. The Hall–Kier alpha value is 0.0969. The molecular weight excluding hydrogens is 400 g/mol. The lowest BCUT2D eigenvalue weighted by Gasteiger charge is -2.37. The second-order valence-corrected chi connectivity index (χ2v) is 11.4. The van der Waals surface area contributed by atoms with Crippen LogP contribution in [0.25, 0.3) is 0 Å². The zero-order valence-electron chi connectivity index (χ0n) is 22.2. The first kappa shape index (κ1) is 31.1. The molecule has 31 heavy (non-hydrogen) atoms. The second kappa shape index (κ2) is 23.3. The van der Waals surface area contributed by atoms with Gasteiger partial charge in [0.25, 0.3) is 0 Å². The predicted octanol–water partition coefficient (Wildman–Crippen LogP) is 9.00. The fourth-order valence-electron chi connectivity index (χ4n) is 4.63. The molecule has 0 aliphatic heterocycles. The van der Waals surface area contributed by atoms with Gasteiger partial charge in [0, 0.05) is 14.2 Å². The summed E-state index contributed by atoms with van der Waals surface area (Å²) in [5, 5.41) is 0. The predicted molar refractivity (Wildman–Crippen MR) is 139 cm³/mol. The Kier molecular flexibility index (Phi) is 23.3. The highest BCUT2D eigenvalue weighted by atomic mass is 28.3. The van der Waals surface area contributed by atoms with Gasteiger partial charge in [-0.3, -0.25) is 0 Å². The Morgan fingerprint density at radius 2 is 0.742 bits per heavy atom. The fraction of sp³-hybridized carbons (Fsp3) is 1.00. The van der Waals surface area contributed by atoms with E-state index < -0.39 is 9.53 Å². The second-order valence-electron chi connectivity index (χ2n) is 9.61. The van der Waals surface area contributed by atoms with Gasteiger partial charge in [0.2, 0.25) is 0 Å². The summed E-state index contributed by atoms with van der Waals surface area (Å²) in [6.07, 6.45) is 27.7. The minimum atomic E-state index is -2.03. The van der Waals surface area contributed by atoms with E-state index in [0.29, 0.717) is 0 Å². The van der Waals surface area contributed by atoms with E-state index in [1.807, 2.05) is 0 Å². The van der Waals surface area contributed by atoms with Gasteiger partial charge in [-0.15, -0.1) is 0 Å². The highest BCUT2D eigenvalue weighted by molar-refractivity contribution is 6.36. The minimum Gasteiger partial charge on any atom is -0.379 e. The zero-order valence-corrected chi connectivity index (χ0v) is 23.3. The van der Waals surface area contributed by atoms with Crippen molar-refractivity contribution in [2.75, 3.05) is 14.2 Å². The van der Waals surface area contributed by atoms with Crippen molar-refractivity contribution in [1.82, 2.24) is 0 Å². The van der Waals surface area contributed by atoms with Crippen LogP contribution in [0.15, 0.2) is 0 Å². The molecule has 0 aromatic carbocycles. The molecule has 3 nitrogen and oxygen atoms in total. The summed E-state index contributed by atoms with van der Waals surface area (Å²) in [7, 11) is 1.48. The molecule has 0 aromatic heterocycles. The Labute approximate surface area is 198 Å². The van der Waals surface area contributed by atoms with E-state index in [1.165, 1.54) is 135 Å². The van der Waals surface area contributed by atoms with Crippen LogP contribution in [0.5, 0.6) is 0 Å². The zero-order chi connectivity index (χ0) is 23.0. The van der Waals surface area contributed by atoms with Crippen molar-refractivity contribution in [3.63, 3.8) is 0 Å². The monoisotopic (exact) mass is 458 g/mol. The van der Waals surface area contributed by atoms with E-state index >= 15 is 0 Å². The smallest absolute Gasteiger partial charge is 0.379 e. The summed E-state index contributed by atoms with van der Waals surface area (Å²) in [6.45, 7) is 6.88. The summed E-state index contributed by atoms with van der Waals surface area (Å²) in [5.41, 5.74) is -0.0246. The Morgan fingerprint density at radius 1 is 0.452 bits per heavy atom. The van der Waals surface area contributed by atoms with E-state index in [1.54, 1.807) is 14.2 Å². The molecule has 0 bridgehead atoms. The molecule has 0 unspecified atom stereocenters. The van der Waals surface area contributed by atoms with Crippen LogP contribution in [0.1, 0.15) is 156 Å². The number of hydrogen-bond donors (Lipinski definition) is 0. The van der Waals surface area contributed by atoms with E-state index in [0.717, 1.165) is 0 Å². The third-order valence-electron chi connectivity index (χ3n) is 6.69. The molecule has 0 saturated heterocycles. The van der Waals surface area contributed by atoms with Gasteiger partial charge in [0.05, 0.1) is 5.60 Å². The fourth-order valence-corrected chi connectivity index (χ4v) is 5.78. The molecule has 0 amide bonds. The van der Waals surface area contributed by atoms with Gasteiger partial charge in [-0.1, -0.05) is 136 Å². The standard InChI is InChI=1S/C27H58O3Si/c1-6-9-12-15-18-21-24-27(30-31(28-4)29-5,25-22-19-16-13-10-7-2)26-23-20-17-14-11-8-3/h31H,6-26H2,1-5H3. The average Bonchev–Trinajstić information content (AvgIpc) is 2.79. The van der Waals surface area contributed by atoms with Crippen molar-refractivity contribution in [1.29, 1.82) is 0 Å². The van der Waals surface area contributed by atoms with Crippen LogP contribution in [0.4, 0.5) is 0 Å². The number of hydrogen-bond acceptors (Lipinski definition) is 3. The van der Waals surface area contributed by atoms with Crippen LogP contribution in [0.3, 0.4) is 0 Å². The van der Waals surface area contributed by atoms with Gasteiger partial charge < -0.3 is 13.3 Å². The van der Waals surface area contributed by atoms with Gasteiger partial charge in [-0.05, 0) is 19.3 Å². The van der Waals surface area contributed by atoms with Crippen LogP contribution in [0.2, 0.25) is 0 Å². The Morgan fingerprint density at radius 3 is 1.03 bits per heavy atom. The van der Waals surface area contributed by atoms with Gasteiger partial charge >= 0.3 is 9.53 Å². The summed E-state index contributed by atoms with van der Waals surface area (Å²) in [4.78, 5) is 0. The van der Waals surface area contributed by atoms with Crippen molar-refractivity contribution >= 4 is 9.53 Å². The Bertz CT molecular complexity index is 307. The van der Waals surface area contributed by atoms with Gasteiger partial charge in [-0.25, -0.2) is 0 Å². The minimum absolute atomic E-state index is 0.0246. The SMILES string of the molecule is CCCCCCCCC(CCCCCCCC)(CCCCCCCC)O[SiH](OC)OC. The largest absolute Gasteiger partial charge is 0.484 e. The van der Waals surface area contributed by atoms with E-state index in [9.17, 15) is 0 Å². The molecule has 0 atom stereocenters. The van der Waals surface area contributed by atoms with Gasteiger partial charge in [-0.2, -0.15) is 0 Å². The van der Waals surface area contributed by atoms with Crippen molar-refractivity contribution in [2.24, 2.45) is 0 Å². The molecule has 0 fully saturated rings. The molecular formula is C27H58O3Si. The molecule has 0 saturated carbocycles. The average molecular weight is 459 g/mol. The van der Waals surface area contributed by atoms with Crippen LogP contribution < -0.4 is 0 Å². The molecule has 0 aliphatic rings. The first-order valence-electron chi connectivity index (χ1n) is 13.9. The normalized spacial score (nSPS) is 12.2.